The maximum Gasteiger partial charge on any atom is 0.127 e. The molecular formula is C20H27BrN2+2. The van der Waals surface area contributed by atoms with Crippen molar-refractivity contribution >= 4 is 15.9 Å². The summed E-state index contributed by atoms with van der Waals surface area (Å²) in [6, 6.07) is 19.7. The zero-order chi connectivity index (χ0) is 15.9. The fourth-order valence-corrected chi connectivity index (χ4v) is 3.73. The first-order chi connectivity index (χ1) is 11.3. The highest BCUT2D eigenvalue weighted by atomic mass is 79.9. The minimum Gasteiger partial charge on any atom is -0.326 e. The van der Waals surface area contributed by atoms with Gasteiger partial charge in [-0.2, -0.15) is 0 Å². The summed E-state index contributed by atoms with van der Waals surface area (Å²) in [5.74, 6) is 0. The molecule has 23 heavy (non-hydrogen) atoms. The summed E-state index contributed by atoms with van der Waals surface area (Å²) >= 11 is 3.51. The van der Waals surface area contributed by atoms with Gasteiger partial charge in [-0.1, -0.05) is 58.4 Å². The number of piperazine rings is 1. The molecule has 0 aromatic heterocycles. The molecule has 1 saturated heterocycles. The molecule has 0 aliphatic carbocycles. The molecule has 1 aliphatic rings. The van der Waals surface area contributed by atoms with E-state index in [0.717, 1.165) is 0 Å². The van der Waals surface area contributed by atoms with E-state index in [1.807, 2.05) is 0 Å². The van der Waals surface area contributed by atoms with Crippen molar-refractivity contribution < 1.29 is 9.80 Å². The Kier molecular flexibility index (Phi) is 6.26. The maximum atomic E-state index is 3.51. The van der Waals surface area contributed by atoms with Crippen molar-refractivity contribution in [2.45, 2.75) is 19.4 Å². The van der Waals surface area contributed by atoms with Crippen LogP contribution in [0.5, 0.6) is 0 Å². The third kappa shape index (κ3) is 5.45. The van der Waals surface area contributed by atoms with Crippen LogP contribution in [0.1, 0.15) is 17.5 Å². The number of rotatable bonds is 6. The Morgan fingerprint density at radius 1 is 0.739 bits per heavy atom. The second kappa shape index (κ2) is 8.62. The predicted molar refractivity (Wildman–Crippen MR) is 98.9 cm³/mol. The van der Waals surface area contributed by atoms with Crippen LogP contribution in [0.15, 0.2) is 59.1 Å². The number of quaternary nitrogens is 2. The molecule has 122 valence electrons. The van der Waals surface area contributed by atoms with Crippen LogP contribution >= 0.6 is 15.9 Å². The number of hydrogen-bond acceptors (Lipinski definition) is 0. The molecule has 0 atom stereocenters. The first-order valence-electron chi connectivity index (χ1n) is 8.75. The van der Waals surface area contributed by atoms with E-state index in [1.165, 1.54) is 67.7 Å². The van der Waals surface area contributed by atoms with Gasteiger partial charge in [0.25, 0.3) is 0 Å². The second-order valence-electron chi connectivity index (χ2n) is 6.64. The minimum atomic E-state index is 1.17. The van der Waals surface area contributed by atoms with E-state index in [2.05, 4.69) is 70.5 Å². The largest absolute Gasteiger partial charge is 0.326 e. The SMILES string of the molecule is Brc1ccc(C[NH+]2CC[NH+](CCCc3ccccc3)CC2)cc1. The van der Waals surface area contributed by atoms with Crippen molar-refractivity contribution in [2.75, 3.05) is 32.7 Å². The summed E-state index contributed by atoms with van der Waals surface area (Å²) < 4.78 is 1.17. The van der Waals surface area contributed by atoms with Crippen LogP contribution in [0.2, 0.25) is 0 Å². The molecule has 1 heterocycles. The average Bonchev–Trinajstić information content (AvgIpc) is 2.59. The normalized spacial score (nSPS) is 21.3. The van der Waals surface area contributed by atoms with Crippen LogP contribution in [0.25, 0.3) is 0 Å². The van der Waals surface area contributed by atoms with Crippen LogP contribution < -0.4 is 9.80 Å². The zero-order valence-corrected chi connectivity index (χ0v) is 15.3. The van der Waals surface area contributed by atoms with Crippen molar-refractivity contribution in [1.29, 1.82) is 0 Å². The van der Waals surface area contributed by atoms with E-state index in [1.54, 1.807) is 9.80 Å². The van der Waals surface area contributed by atoms with Gasteiger partial charge < -0.3 is 9.80 Å². The number of halogens is 1. The minimum absolute atomic E-state index is 1.17. The molecular weight excluding hydrogens is 348 g/mol. The van der Waals surface area contributed by atoms with E-state index in [0.29, 0.717) is 0 Å². The fraction of sp³-hybridized carbons (Fsp3) is 0.400. The molecule has 2 aromatic carbocycles. The maximum absolute atomic E-state index is 3.51. The van der Waals surface area contributed by atoms with Crippen molar-refractivity contribution in [3.63, 3.8) is 0 Å². The van der Waals surface area contributed by atoms with Gasteiger partial charge in [0.2, 0.25) is 0 Å². The lowest BCUT2D eigenvalue weighted by atomic mass is 10.1. The van der Waals surface area contributed by atoms with Crippen molar-refractivity contribution in [1.82, 2.24) is 0 Å². The lowest BCUT2D eigenvalue weighted by Gasteiger charge is -2.29. The topological polar surface area (TPSA) is 8.88 Å². The van der Waals surface area contributed by atoms with Gasteiger partial charge in [0.05, 0.1) is 6.54 Å². The Morgan fingerprint density at radius 3 is 2.09 bits per heavy atom. The van der Waals surface area contributed by atoms with Gasteiger partial charge in [-0.05, 0) is 24.1 Å². The van der Waals surface area contributed by atoms with Crippen LogP contribution in [0.4, 0.5) is 0 Å². The number of benzene rings is 2. The summed E-state index contributed by atoms with van der Waals surface area (Å²) in [6.07, 6.45) is 2.53. The first-order valence-corrected chi connectivity index (χ1v) is 9.54. The lowest BCUT2D eigenvalue weighted by molar-refractivity contribution is -1.02. The molecule has 0 saturated carbocycles. The Labute approximate surface area is 148 Å². The molecule has 0 radical (unpaired) electrons. The Balaban J connectivity index is 1.36. The van der Waals surface area contributed by atoms with E-state index in [9.17, 15) is 0 Å². The molecule has 0 amide bonds. The lowest BCUT2D eigenvalue weighted by Crippen LogP contribution is -3.27. The molecule has 2 N–H and O–H groups in total. The van der Waals surface area contributed by atoms with E-state index < -0.39 is 0 Å². The Bertz CT molecular complexity index is 574. The van der Waals surface area contributed by atoms with Gasteiger partial charge in [0.15, 0.2) is 0 Å². The van der Waals surface area contributed by atoms with Crippen molar-refractivity contribution in [2.24, 2.45) is 0 Å². The molecule has 3 heteroatoms. The van der Waals surface area contributed by atoms with Gasteiger partial charge >= 0.3 is 0 Å². The number of hydrogen-bond donors (Lipinski definition) is 2. The molecule has 0 bridgehead atoms. The molecule has 0 spiro atoms. The van der Waals surface area contributed by atoms with Gasteiger partial charge in [0.1, 0.15) is 32.7 Å². The smallest absolute Gasteiger partial charge is 0.127 e. The standard InChI is InChI=1S/C20H25BrN2/c21-20-10-8-19(9-11-20)17-23-15-13-22(14-16-23)12-4-7-18-5-2-1-3-6-18/h1-3,5-6,8-11H,4,7,12-17H2/p+2. The highest BCUT2D eigenvalue weighted by Gasteiger charge is 2.22. The van der Waals surface area contributed by atoms with Gasteiger partial charge in [-0.3, -0.25) is 0 Å². The summed E-state index contributed by atoms with van der Waals surface area (Å²) in [7, 11) is 0. The van der Waals surface area contributed by atoms with Crippen LogP contribution in [0.3, 0.4) is 0 Å². The van der Waals surface area contributed by atoms with Crippen LogP contribution in [0, 0.1) is 0 Å². The van der Waals surface area contributed by atoms with Gasteiger partial charge in [-0.25, -0.2) is 0 Å². The van der Waals surface area contributed by atoms with E-state index in [-0.39, 0.29) is 0 Å². The fourth-order valence-electron chi connectivity index (χ4n) is 3.46. The number of aryl methyl sites for hydroxylation is 1. The highest BCUT2D eigenvalue weighted by Crippen LogP contribution is 2.09. The quantitative estimate of drug-likeness (QED) is 0.755. The second-order valence-corrected chi connectivity index (χ2v) is 7.56. The molecule has 0 unspecified atom stereocenters. The molecule has 2 nitrogen and oxygen atoms in total. The van der Waals surface area contributed by atoms with Gasteiger partial charge in [-0.15, -0.1) is 0 Å². The summed E-state index contributed by atoms with van der Waals surface area (Å²) in [5, 5.41) is 0. The van der Waals surface area contributed by atoms with E-state index >= 15 is 0 Å². The van der Waals surface area contributed by atoms with Crippen molar-refractivity contribution in [3.8, 4) is 0 Å². The number of nitrogens with one attached hydrogen (secondary N) is 2. The molecule has 1 aliphatic heterocycles. The van der Waals surface area contributed by atoms with Gasteiger partial charge in [0, 0.05) is 16.5 Å². The first kappa shape index (κ1) is 16.7. The third-order valence-electron chi connectivity index (χ3n) is 4.87. The third-order valence-corrected chi connectivity index (χ3v) is 5.40. The van der Waals surface area contributed by atoms with Crippen LogP contribution in [-0.4, -0.2) is 32.7 Å². The van der Waals surface area contributed by atoms with E-state index in [4.69, 9.17) is 0 Å². The summed E-state index contributed by atoms with van der Waals surface area (Å²) in [4.78, 5) is 3.53. The summed E-state index contributed by atoms with van der Waals surface area (Å²) in [6.45, 7) is 7.74. The molecule has 1 fully saturated rings. The highest BCUT2D eigenvalue weighted by molar-refractivity contribution is 9.10. The van der Waals surface area contributed by atoms with Crippen LogP contribution in [-0.2, 0) is 13.0 Å². The van der Waals surface area contributed by atoms with Crippen molar-refractivity contribution in [3.05, 3.63) is 70.2 Å². The monoisotopic (exact) mass is 374 g/mol. The zero-order valence-electron chi connectivity index (χ0n) is 13.7. The average molecular weight is 375 g/mol. The summed E-state index contributed by atoms with van der Waals surface area (Å²) in [5.41, 5.74) is 2.93. The molecule has 3 rings (SSSR count). The molecule has 2 aromatic rings. The Morgan fingerprint density at radius 2 is 1.39 bits per heavy atom. The predicted octanol–water partition coefficient (Wildman–Crippen LogP) is 1.37. The Hall–Kier alpha value is -1.16.